The van der Waals surface area contributed by atoms with Crippen molar-refractivity contribution in [1.29, 1.82) is 0 Å². The fourth-order valence-electron chi connectivity index (χ4n) is 2.73. The molecule has 0 radical (unpaired) electrons. The maximum Gasteiger partial charge on any atom is 0.211 e. The van der Waals surface area contributed by atoms with Gasteiger partial charge in [0.25, 0.3) is 0 Å². The van der Waals surface area contributed by atoms with Crippen LogP contribution < -0.4 is 9.54 Å². The molecule has 0 bridgehead atoms. The number of hydrogen-bond donors (Lipinski definition) is 1. The van der Waals surface area contributed by atoms with Crippen molar-refractivity contribution in [2.45, 2.75) is 6.92 Å². The van der Waals surface area contributed by atoms with Gasteiger partial charge in [-0.05, 0) is 61.5 Å². The molecule has 0 aliphatic carbocycles. The van der Waals surface area contributed by atoms with Gasteiger partial charge in [-0.15, -0.1) is 11.3 Å². The van der Waals surface area contributed by atoms with Crippen LogP contribution in [0.2, 0.25) is 0 Å². The highest BCUT2D eigenvalue weighted by atomic mass is 79.9. The Morgan fingerprint density at radius 1 is 1.20 bits per heavy atom. The van der Waals surface area contributed by atoms with E-state index in [0.29, 0.717) is 22.7 Å². The monoisotopic (exact) mass is 483 g/mol. The molecule has 2 heterocycles. The summed E-state index contributed by atoms with van der Waals surface area (Å²) in [6.45, 7) is 2.56. The number of phenols is 1. The molecule has 0 unspecified atom stereocenters. The van der Waals surface area contributed by atoms with Crippen molar-refractivity contribution in [2.75, 3.05) is 6.61 Å². The molecule has 0 atom stereocenters. The minimum absolute atomic E-state index is 0.141. The summed E-state index contributed by atoms with van der Waals surface area (Å²) in [5.74, 6) is 1.62. The predicted octanol–water partition coefficient (Wildman–Crippen LogP) is 5.79. The SMILES string of the molecule is CCOc1ccc(N=c2scc(-c3ccco3)n2N=Cc2cc(Br)ccc2O)cc1. The second-order valence-corrected chi connectivity index (χ2v) is 7.93. The topological polar surface area (TPSA) is 72.2 Å². The van der Waals surface area contributed by atoms with Gasteiger partial charge in [-0.1, -0.05) is 15.9 Å². The molecule has 0 spiro atoms. The third-order valence-corrected chi connectivity index (χ3v) is 5.44. The van der Waals surface area contributed by atoms with E-state index in [1.165, 1.54) is 11.3 Å². The average Bonchev–Trinajstić information content (AvgIpc) is 3.40. The number of rotatable bonds is 6. The fraction of sp³-hybridized carbons (Fsp3) is 0.0909. The van der Waals surface area contributed by atoms with E-state index in [0.717, 1.165) is 21.6 Å². The zero-order valence-electron chi connectivity index (χ0n) is 16.0. The van der Waals surface area contributed by atoms with E-state index in [-0.39, 0.29) is 5.75 Å². The number of furan rings is 1. The number of hydrogen-bond acceptors (Lipinski definition) is 6. The number of phenolic OH excluding ortho intramolecular Hbond substituents is 1. The highest BCUT2D eigenvalue weighted by Crippen LogP contribution is 2.23. The van der Waals surface area contributed by atoms with Crippen molar-refractivity contribution >= 4 is 39.2 Å². The lowest BCUT2D eigenvalue weighted by Gasteiger charge is -2.03. The number of aromatic hydroxyl groups is 1. The van der Waals surface area contributed by atoms with Gasteiger partial charge in [0.2, 0.25) is 4.80 Å². The first-order chi connectivity index (χ1) is 14.6. The van der Waals surface area contributed by atoms with Crippen LogP contribution in [0.1, 0.15) is 12.5 Å². The van der Waals surface area contributed by atoms with Gasteiger partial charge in [-0.25, -0.2) is 9.67 Å². The first-order valence-electron chi connectivity index (χ1n) is 9.19. The lowest BCUT2D eigenvalue weighted by atomic mass is 10.2. The molecule has 8 heteroatoms. The highest BCUT2D eigenvalue weighted by molar-refractivity contribution is 9.10. The molecule has 4 aromatic rings. The van der Waals surface area contributed by atoms with E-state index >= 15 is 0 Å². The van der Waals surface area contributed by atoms with E-state index in [4.69, 9.17) is 14.1 Å². The van der Waals surface area contributed by atoms with Crippen molar-refractivity contribution in [2.24, 2.45) is 10.1 Å². The summed E-state index contributed by atoms with van der Waals surface area (Å²) >= 11 is 4.86. The molecule has 0 amide bonds. The van der Waals surface area contributed by atoms with Crippen LogP contribution >= 0.6 is 27.3 Å². The largest absolute Gasteiger partial charge is 0.507 e. The second kappa shape index (κ2) is 9.15. The zero-order valence-corrected chi connectivity index (χ0v) is 18.4. The van der Waals surface area contributed by atoms with E-state index < -0.39 is 0 Å². The van der Waals surface area contributed by atoms with Gasteiger partial charge in [0, 0.05) is 15.4 Å². The summed E-state index contributed by atoms with van der Waals surface area (Å²) in [4.78, 5) is 5.39. The first-order valence-corrected chi connectivity index (χ1v) is 10.9. The van der Waals surface area contributed by atoms with Crippen LogP contribution in [0.15, 0.2) is 85.2 Å². The lowest BCUT2D eigenvalue weighted by Crippen LogP contribution is -2.11. The number of halogens is 1. The Bertz CT molecular complexity index is 1230. The van der Waals surface area contributed by atoms with Gasteiger partial charge >= 0.3 is 0 Å². The molecule has 0 fully saturated rings. The number of thiazole rings is 1. The third kappa shape index (κ3) is 4.55. The second-order valence-electron chi connectivity index (χ2n) is 6.18. The zero-order chi connectivity index (χ0) is 20.9. The summed E-state index contributed by atoms with van der Waals surface area (Å²) in [5.41, 5.74) is 2.13. The minimum atomic E-state index is 0.141. The average molecular weight is 484 g/mol. The summed E-state index contributed by atoms with van der Waals surface area (Å²) in [6, 6.07) is 16.4. The van der Waals surface area contributed by atoms with E-state index in [1.54, 1.807) is 35.4 Å². The normalized spacial score (nSPS) is 12.0. The van der Waals surface area contributed by atoms with E-state index in [2.05, 4.69) is 21.0 Å². The predicted molar refractivity (Wildman–Crippen MR) is 122 cm³/mol. The van der Waals surface area contributed by atoms with Crippen molar-refractivity contribution in [3.05, 3.63) is 81.1 Å². The molecule has 0 saturated carbocycles. The Morgan fingerprint density at radius 3 is 2.77 bits per heavy atom. The molecule has 2 aromatic heterocycles. The van der Waals surface area contributed by atoms with Gasteiger partial charge in [0.1, 0.15) is 17.2 Å². The van der Waals surface area contributed by atoms with Crippen LogP contribution in [0.5, 0.6) is 11.5 Å². The lowest BCUT2D eigenvalue weighted by molar-refractivity contribution is 0.340. The third-order valence-electron chi connectivity index (χ3n) is 4.13. The first kappa shape index (κ1) is 20.2. The molecule has 0 aliphatic heterocycles. The van der Waals surface area contributed by atoms with Crippen LogP contribution in [-0.2, 0) is 0 Å². The summed E-state index contributed by atoms with van der Waals surface area (Å²) in [5, 5.41) is 16.6. The van der Waals surface area contributed by atoms with Crippen LogP contribution in [0.4, 0.5) is 5.69 Å². The maximum absolute atomic E-state index is 10.1. The molecular weight excluding hydrogens is 466 g/mol. The van der Waals surface area contributed by atoms with Crippen molar-refractivity contribution in [1.82, 2.24) is 4.68 Å². The smallest absolute Gasteiger partial charge is 0.211 e. The Kier molecular flexibility index (Phi) is 6.15. The molecule has 30 heavy (non-hydrogen) atoms. The minimum Gasteiger partial charge on any atom is -0.507 e. The van der Waals surface area contributed by atoms with Crippen LogP contribution in [0.3, 0.4) is 0 Å². The Morgan fingerprint density at radius 2 is 2.03 bits per heavy atom. The molecular formula is C22H18BrN3O3S. The van der Waals surface area contributed by atoms with Crippen molar-refractivity contribution in [3.63, 3.8) is 0 Å². The number of nitrogens with zero attached hydrogens (tertiary/aromatic N) is 3. The fourth-order valence-corrected chi connectivity index (χ4v) is 3.94. The summed E-state index contributed by atoms with van der Waals surface area (Å²) in [7, 11) is 0. The van der Waals surface area contributed by atoms with E-state index in [9.17, 15) is 5.11 Å². The van der Waals surface area contributed by atoms with E-state index in [1.807, 2.05) is 48.7 Å². The highest BCUT2D eigenvalue weighted by Gasteiger charge is 2.10. The number of ether oxygens (including phenoxy) is 1. The summed E-state index contributed by atoms with van der Waals surface area (Å²) in [6.07, 6.45) is 3.21. The standard InChI is InChI=1S/C22H18BrN3O3S/c1-2-28-18-8-6-17(7-9-18)25-22-26(19(14-30-22)21-4-3-11-29-21)24-13-15-12-16(23)5-10-20(15)27/h3-14,27H,2H2,1H3. The maximum atomic E-state index is 10.1. The molecule has 152 valence electrons. The molecule has 2 aromatic carbocycles. The van der Waals surface area contributed by atoms with Gasteiger partial charge in [0.15, 0.2) is 5.76 Å². The Labute approximate surface area is 185 Å². The molecule has 0 aliphatic rings. The van der Waals surface area contributed by atoms with Crippen molar-refractivity contribution < 1.29 is 14.3 Å². The Balaban J connectivity index is 1.78. The Hall–Kier alpha value is -3.10. The molecule has 0 saturated heterocycles. The van der Waals surface area contributed by atoms with Crippen LogP contribution in [-0.4, -0.2) is 22.6 Å². The van der Waals surface area contributed by atoms with Crippen LogP contribution in [0.25, 0.3) is 11.5 Å². The van der Waals surface area contributed by atoms with Gasteiger partial charge in [0.05, 0.1) is 24.8 Å². The van der Waals surface area contributed by atoms with Gasteiger partial charge < -0.3 is 14.3 Å². The molecule has 1 N–H and O–H groups in total. The molecule has 4 rings (SSSR count). The summed E-state index contributed by atoms with van der Waals surface area (Å²) < 4.78 is 13.6. The number of aromatic nitrogens is 1. The van der Waals surface area contributed by atoms with Crippen molar-refractivity contribution in [3.8, 4) is 23.0 Å². The molecule has 6 nitrogen and oxygen atoms in total. The quantitative estimate of drug-likeness (QED) is 0.352. The van der Waals surface area contributed by atoms with Crippen LogP contribution in [0, 0.1) is 0 Å². The number of benzene rings is 2. The van der Waals surface area contributed by atoms with Gasteiger partial charge in [-0.3, -0.25) is 0 Å². The van der Waals surface area contributed by atoms with Gasteiger partial charge in [-0.2, -0.15) is 5.10 Å².